The zero-order valence-corrected chi connectivity index (χ0v) is 22.3. The number of amides is 2. The molecule has 2 aromatic carbocycles. The lowest BCUT2D eigenvalue weighted by Crippen LogP contribution is -2.52. The van der Waals surface area contributed by atoms with Gasteiger partial charge in [0.15, 0.2) is 0 Å². The van der Waals surface area contributed by atoms with Gasteiger partial charge in [0.05, 0.1) is 12.8 Å². The van der Waals surface area contributed by atoms with Crippen molar-refractivity contribution in [1.29, 1.82) is 0 Å². The van der Waals surface area contributed by atoms with E-state index in [-0.39, 0.29) is 12.5 Å². The number of ether oxygens (including phenoxy) is 1. The maximum Gasteiger partial charge on any atom is 0.304 e. The predicted octanol–water partition coefficient (Wildman–Crippen LogP) is 2.48. The molecule has 9 nitrogen and oxygen atoms in total. The summed E-state index contributed by atoms with van der Waals surface area (Å²) in [6, 6.07) is 11.8. The zero-order valence-electron chi connectivity index (χ0n) is 21.5. The molecular formula is C25H36N4O5S. The van der Waals surface area contributed by atoms with Crippen molar-refractivity contribution in [3.8, 4) is 5.75 Å². The Morgan fingerprint density at radius 3 is 2.23 bits per heavy atom. The van der Waals surface area contributed by atoms with Gasteiger partial charge >= 0.3 is 10.2 Å². The van der Waals surface area contributed by atoms with Crippen LogP contribution in [0.5, 0.6) is 5.75 Å². The number of nitrogens with one attached hydrogen (secondary N) is 1. The van der Waals surface area contributed by atoms with Crippen molar-refractivity contribution >= 4 is 27.7 Å². The van der Waals surface area contributed by atoms with Crippen LogP contribution in [0.3, 0.4) is 0 Å². The van der Waals surface area contributed by atoms with Crippen molar-refractivity contribution in [2.45, 2.75) is 40.3 Å². The van der Waals surface area contributed by atoms with Crippen LogP contribution in [0.4, 0.5) is 5.69 Å². The van der Waals surface area contributed by atoms with Crippen LogP contribution in [-0.2, 0) is 26.3 Å². The van der Waals surface area contributed by atoms with Gasteiger partial charge in [0.1, 0.15) is 18.3 Å². The number of anilines is 1. The SMILES string of the molecule is CCNC(=O)[C@@H](C)N(Cc1ccc(OC)cc1)C(=O)CN(c1cc(C)ccc1C)S(=O)(=O)N(C)C. The second-order valence-electron chi connectivity index (χ2n) is 8.53. The number of aryl methyl sites for hydroxylation is 2. The number of rotatable bonds is 11. The highest BCUT2D eigenvalue weighted by molar-refractivity contribution is 7.90. The van der Waals surface area contributed by atoms with E-state index in [2.05, 4.69) is 5.32 Å². The summed E-state index contributed by atoms with van der Waals surface area (Å²) in [6.45, 7) is 7.18. The lowest BCUT2D eigenvalue weighted by molar-refractivity contribution is -0.139. The molecule has 2 rings (SSSR count). The van der Waals surface area contributed by atoms with Crippen LogP contribution in [0.2, 0.25) is 0 Å². The molecule has 2 amide bonds. The second-order valence-corrected chi connectivity index (χ2v) is 10.6. The van der Waals surface area contributed by atoms with Gasteiger partial charge in [-0.3, -0.25) is 9.59 Å². The quantitative estimate of drug-likeness (QED) is 0.507. The number of benzene rings is 2. The van der Waals surface area contributed by atoms with Gasteiger partial charge < -0.3 is 15.0 Å². The van der Waals surface area contributed by atoms with Gasteiger partial charge in [-0.15, -0.1) is 0 Å². The number of hydrogen-bond acceptors (Lipinski definition) is 5. The summed E-state index contributed by atoms with van der Waals surface area (Å²) >= 11 is 0. The molecule has 1 N–H and O–H groups in total. The maximum atomic E-state index is 13.7. The molecule has 0 bridgehead atoms. The monoisotopic (exact) mass is 504 g/mol. The van der Waals surface area contributed by atoms with Crippen LogP contribution >= 0.6 is 0 Å². The average molecular weight is 505 g/mol. The summed E-state index contributed by atoms with van der Waals surface area (Å²) < 4.78 is 33.9. The van der Waals surface area contributed by atoms with Crippen molar-refractivity contribution < 1.29 is 22.7 Å². The molecule has 2 aromatic rings. The third-order valence-electron chi connectivity index (χ3n) is 5.68. The van der Waals surface area contributed by atoms with E-state index in [1.165, 1.54) is 19.0 Å². The molecule has 0 radical (unpaired) electrons. The van der Waals surface area contributed by atoms with Gasteiger partial charge in [0.25, 0.3) is 0 Å². The molecule has 0 heterocycles. The van der Waals surface area contributed by atoms with E-state index >= 15 is 0 Å². The molecule has 0 unspecified atom stereocenters. The number of carbonyl (C=O) groups is 2. The average Bonchev–Trinajstić information content (AvgIpc) is 2.82. The van der Waals surface area contributed by atoms with E-state index in [4.69, 9.17) is 4.74 Å². The lowest BCUT2D eigenvalue weighted by atomic mass is 10.1. The topological polar surface area (TPSA) is 99.3 Å². The maximum absolute atomic E-state index is 13.7. The van der Waals surface area contributed by atoms with Crippen molar-refractivity contribution in [2.24, 2.45) is 0 Å². The van der Waals surface area contributed by atoms with Gasteiger partial charge in [-0.05, 0) is 62.6 Å². The largest absolute Gasteiger partial charge is 0.497 e. The number of methoxy groups -OCH3 is 1. The lowest BCUT2D eigenvalue weighted by Gasteiger charge is -2.33. The molecule has 35 heavy (non-hydrogen) atoms. The molecule has 0 saturated heterocycles. The number of likely N-dealkylation sites (N-methyl/N-ethyl adjacent to an activating group) is 1. The van der Waals surface area contributed by atoms with Gasteiger partial charge in [0.2, 0.25) is 11.8 Å². The molecule has 0 spiro atoms. The third kappa shape index (κ3) is 6.95. The Morgan fingerprint density at radius 1 is 1.06 bits per heavy atom. The molecule has 0 aromatic heterocycles. The van der Waals surface area contributed by atoms with E-state index in [9.17, 15) is 18.0 Å². The Bertz CT molecular complexity index is 1130. The first-order valence-electron chi connectivity index (χ1n) is 11.4. The van der Waals surface area contributed by atoms with Crippen LogP contribution in [0.15, 0.2) is 42.5 Å². The van der Waals surface area contributed by atoms with E-state index in [1.807, 2.05) is 31.2 Å². The Hall–Kier alpha value is -3.11. The van der Waals surface area contributed by atoms with Crippen LogP contribution < -0.4 is 14.4 Å². The molecular weight excluding hydrogens is 468 g/mol. The van der Waals surface area contributed by atoms with Crippen LogP contribution in [0.1, 0.15) is 30.5 Å². The first-order valence-corrected chi connectivity index (χ1v) is 12.8. The molecule has 0 fully saturated rings. The second kappa shape index (κ2) is 12.0. The summed E-state index contributed by atoms with van der Waals surface area (Å²) in [5.74, 6) is -0.143. The highest BCUT2D eigenvalue weighted by atomic mass is 32.2. The minimum atomic E-state index is -4.00. The fourth-order valence-corrected chi connectivity index (χ4v) is 4.64. The smallest absolute Gasteiger partial charge is 0.304 e. The van der Waals surface area contributed by atoms with E-state index in [0.717, 1.165) is 19.7 Å². The Balaban J connectivity index is 2.49. The van der Waals surface area contributed by atoms with Crippen molar-refractivity contribution in [1.82, 2.24) is 14.5 Å². The molecule has 0 aliphatic carbocycles. The van der Waals surface area contributed by atoms with E-state index < -0.39 is 28.7 Å². The normalized spacial score (nSPS) is 12.2. The van der Waals surface area contributed by atoms with Crippen LogP contribution in [0, 0.1) is 13.8 Å². The zero-order chi connectivity index (χ0) is 26.3. The molecule has 0 aliphatic heterocycles. The van der Waals surface area contributed by atoms with E-state index in [1.54, 1.807) is 46.1 Å². The summed E-state index contributed by atoms with van der Waals surface area (Å²) in [6.07, 6.45) is 0. The highest BCUT2D eigenvalue weighted by Crippen LogP contribution is 2.26. The molecule has 0 aliphatic rings. The standard InChI is InChI=1S/C25H36N4O5S/c1-8-26-25(31)20(4)28(16-21-11-13-22(34-7)14-12-21)24(30)17-29(35(32,33)27(5)6)23-15-18(2)9-10-19(23)3/h9-15,20H,8,16-17H2,1-7H3,(H,26,31)/t20-/m1/s1. The molecule has 0 saturated carbocycles. The Morgan fingerprint density at radius 2 is 1.69 bits per heavy atom. The van der Waals surface area contributed by atoms with Gasteiger partial charge in [-0.25, -0.2) is 4.31 Å². The Kier molecular flexibility index (Phi) is 9.67. The molecule has 10 heteroatoms. The molecule has 1 atom stereocenters. The van der Waals surface area contributed by atoms with Crippen LogP contribution in [0.25, 0.3) is 0 Å². The first kappa shape index (κ1) is 28.1. The Labute approximate surface area is 208 Å². The third-order valence-corrected chi connectivity index (χ3v) is 7.49. The summed E-state index contributed by atoms with van der Waals surface area (Å²) in [4.78, 5) is 27.7. The fourth-order valence-electron chi connectivity index (χ4n) is 3.52. The van der Waals surface area contributed by atoms with Crippen molar-refractivity contribution in [3.05, 3.63) is 59.2 Å². The van der Waals surface area contributed by atoms with Gasteiger partial charge in [-0.2, -0.15) is 12.7 Å². The van der Waals surface area contributed by atoms with Crippen LogP contribution in [-0.4, -0.2) is 69.8 Å². The van der Waals surface area contributed by atoms with Gasteiger partial charge in [-0.1, -0.05) is 24.3 Å². The molecule has 192 valence electrons. The predicted molar refractivity (Wildman–Crippen MR) is 138 cm³/mol. The first-order chi connectivity index (χ1) is 16.4. The minimum Gasteiger partial charge on any atom is -0.497 e. The van der Waals surface area contributed by atoms with Crippen molar-refractivity contribution in [2.75, 3.05) is 38.6 Å². The number of nitrogens with zero attached hydrogens (tertiary/aromatic N) is 3. The highest BCUT2D eigenvalue weighted by Gasteiger charge is 2.33. The minimum absolute atomic E-state index is 0.129. The van der Waals surface area contributed by atoms with E-state index in [0.29, 0.717) is 23.5 Å². The number of carbonyl (C=O) groups excluding carboxylic acids is 2. The van der Waals surface area contributed by atoms with Gasteiger partial charge in [0, 0.05) is 27.2 Å². The summed E-state index contributed by atoms with van der Waals surface area (Å²) in [5, 5.41) is 2.74. The summed E-state index contributed by atoms with van der Waals surface area (Å²) in [7, 11) is 0.411. The summed E-state index contributed by atoms with van der Waals surface area (Å²) in [5.41, 5.74) is 2.78. The number of hydrogen-bond donors (Lipinski definition) is 1. The van der Waals surface area contributed by atoms with Crippen molar-refractivity contribution in [3.63, 3.8) is 0 Å². The fraction of sp³-hybridized carbons (Fsp3) is 0.440.